The molecule has 0 aliphatic rings. The van der Waals surface area contributed by atoms with Crippen LogP contribution in [-0.2, 0) is 0 Å². The maximum Gasteiger partial charge on any atom is 0.113 e. The summed E-state index contributed by atoms with van der Waals surface area (Å²) in [7, 11) is 0. The molecule has 0 saturated heterocycles. The summed E-state index contributed by atoms with van der Waals surface area (Å²) in [5, 5.41) is 12.0. The summed E-state index contributed by atoms with van der Waals surface area (Å²) in [6, 6.07) is 14.5. The van der Waals surface area contributed by atoms with Crippen LogP contribution in [0.2, 0.25) is 0 Å². The van der Waals surface area contributed by atoms with Gasteiger partial charge in [-0.3, -0.25) is 0 Å². The summed E-state index contributed by atoms with van der Waals surface area (Å²) in [5.41, 5.74) is 4.18. The fourth-order valence-electron chi connectivity index (χ4n) is 2.53. The van der Waals surface area contributed by atoms with E-state index in [2.05, 4.69) is 57.5 Å². The first-order chi connectivity index (χ1) is 10.2. The molecule has 0 amide bonds. The van der Waals surface area contributed by atoms with Gasteiger partial charge in [0.25, 0.3) is 0 Å². The Hall–Kier alpha value is -1.72. The number of para-hydroxylation sites is 1. The number of benzene rings is 2. The van der Waals surface area contributed by atoms with E-state index in [9.17, 15) is 0 Å². The number of halogens is 1. The molecule has 3 rings (SSSR count). The minimum Gasteiger partial charge on any atom is -0.310 e. The summed E-state index contributed by atoms with van der Waals surface area (Å²) >= 11 is 3.56. The average molecular weight is 345 g/mol. The van der Waals surface area contributed by atoms with E-state index in [1.807, 2.05) is 35.0 Å². The molecule has 1 aromatic heterocycles. The minimum absolute atomic E-state index is 0.241. The highest BCUT2D eigenvalue weighted by Crippen LogP contribution is 2.27. The molecule has 5 heteroatoms. The highest BCUT2D eigenvalue weighted by Gasteiger charge is 2.14. The van der Waals surface area contributed by atoms with Gasteiger partial charge in [-0.15, -0.1) is 5.10 Å². The van der Waals surface area contributed by atoms with Crippen LogP contribution in [0.15, 0.2) is 46.9 Å². The van der Waals surface area contributed by atoms with Gasteiger partial charge >= 0.3 is 0 Å². The normalized spacial score (nSPS) is 12.7. The Labute approximate surface area is 132 Å². The van der Waals surface area contributed by atoms with E-state index in [0.29, 0.717) is 0 Å². The molecule has 1 heterocycles. The largest absolute Gasteiger partial charge is 0.310 e. The second kappa shape index (κ2) is 5.95. The van der Waals surface area contributed by atoms with Gasteiger partial charge in [0.05, 0.1) is 11.2 Å². The maximum absolute atomic E-state index is 4.32. The molecule has 108 valence electrons. The van der Waals surface area contributed by atoms with Crippen LogP contribution in [0.25, 0.3) is 16.7 Å². The van der Waals surface area contributed by atoms with Crippen molar-refractivity contribution < 1.29 is 0 Å². The van der Waals surface area contributed by atoms with Crippen LogP contribution < -0.4 is 5.32 Å². The molecule has 1 N–H and O–H groups in total. The SMILES string of the molecule is CCNC(C)c1cc(Br)ccc1-n1nnc2ccccc21. The number of nitrogens with zero attached hydrogens (tertiary/aromatic N) is 3. The minimum atomic E-state index is 0.241. The van der Waals surface area contributed by atoms with Crippen molar-refractivity contribution in [2.75, 3.05) is 6.54 Å². The van der Waals surface area contributed by atoms with Crippen LogP contribution in [0.3, 0.4) is 0 Å². The lowest BCUT2D eigenvalue weighted by Crippen LogP contribution is -2.19. The summed E-state index contributed by atoms with van der Waals surface area (Å²) in [5.74, 6) is 0. The zero-order chi connectivity index (χ0) is 14.8. The Morgan fingerprint density at radius 1 is 1.24 bits per heavy atom. The van der Waals surface area contributed by atoms with Crippen LogP contribution in [0.5, 0.6) is 0 Å². The second-order valence-electron chi connectivity index (χ2n) is 4.97. The van der Waals surface area contributed by atoms with E-state index in [1.54, 1.807) is 0 Å². The van der Waals surface area contributed by atoms with Crippen molar-refractivity contribution >= 4 is 27.0 Å². The first-order valence-corrected chi connectivity index (χ1v) is 7.83. The molecule has 4 nitrogen and oxygen atoms in total. The summed E-state index contributed by atoms with van der Waals surface area (Å²) < 4.78 is 2.97. The Kier molecular flexibility index (Phi) is 4.03. The lowest BCUT2D eigenvalue weighted by molar-refractivity contribution is 0.592. The summed E-state index contributed by atoms with van der Waals surface area (Å²) in [6.45, 7) is 5.19. The van der Waals surface area contributed by atoms with Crippen LogP contribution in [0, 0.1) is 0 Å². The van der Waals surface area contributed by atoms with Crippen LogP contribution in [-0.4, -0.2) is 21.5 Å². The maximum atomic E-state index is 4.32. The van der Waals surface area contributed by atoms with Gasteiger partial charge in [0.2, 0.25) is 0 Å². The molecule has 3 aromatic rings. The quantitative estimate of drug-likeness (QED) is 0.781. The van der Waals surface area contributed by atoms with E-state index in [-0.39, 0.29) is 6.04 Å². The third-order valence-electron chi connectivity index (χ3n) is 3.55. The van der Waals surface area contributed by atoms with Crippen molar-refractivity contribution in [3.63, 3.8) is 0 Å². The zero-order valence-corrected chi connectivity index (χ0v) is 13.6. The number of hydrogen-bond donors (Lipinski definition) is 1. The fraction of sp³-hybridized carbons (Fsp3) is 0.250. The Balaban J connectivity index is 2.17. The molecular formula is C16H17BrN4. The molecular weight excluding hydrogens is 328 g/mol. The van der Waals surface area contributed by atoms with Crippen molar-refractivity contribution in [1.82, 2.24) is 20.3 Å². The molecule has 0 fully saturated rings. The molecule has 0 radical (unpaired) electrons. The van der Waals surface area contributed by atoms with E-state index < -0.39 is 0 Å². The van der Waals surface area contributed by atoms with Crippen LogP contribution >= 0.6 is 15.9 Å². The average Bonchev–Trinajstić information content (AvgIpc) is 2.91. The molecule has 21 heavy (non-hydrogen) atoms. The molecule has 0 spiro atoms. The van der Waals surface area contributed by atoms with Gasteiger partial charge in [-0.1, -0.05) is 40.2 Å². The summed E-state index contributed by atoms with van der Waals surface area (Å²) in [4.78, 5) is 0. The van der Waals surface area contributed by atoms with Gasteiger partial charge in [0.15, 0.2) is 0 Å². The molecule has 0 aliphatic carbocycles. The van der Waals surface area contributed by atoms with E-state index in [0.717, 1.165) is 27.7 Å². The topological polar surface area (TPSA) is 42.7 Å². The number of nitrogens with one attached hydrogen (secondary N) is 1. The molecule has 0 saturated carbocycles. The zero-order valence-electron chi connectivity index (χ0n) is 12.0. The smallest absolute Gasteiger partial charge is 0.113 e. The third-order valence-corrected chi connectivity index (χ3v) is 4.04. The molecule has 1 atom stereocenters. The Morgan fingerprint density at radius 2 is 2.05 bits per heavy atom. The van der Waals surface area contributed by atoms with Gasteiger partial charge in [0.1, 0.15) is 5.52 Å². The number of fused-ring (bicyclic) bond motifs is 1. The van der Waals surface area contributed by atoms with E-state index >= 15 is 0 Å². The van der Waals surface area contributed by atoms with Crippen molar-refractivity contribution in [3.05, 3.63) is 52.5 Å². The van der Waals surface area contributed by atoms with Crippen molar-refractivity contribution in [1.29, 1.82) is 0 Å². The van der Waals surface area contributed by atoms with Gasteiger partial charge in [-0.25, -0.2) is 4.68 Å². The standard InChI is InChI=1S/C16H17BrN4/c1-3-18-11(2)13-10-12(17)8-9-15(13)21-16-7-5-4-6-14(16)19-20-21/h4-11,18H,3H2,1-2H3. The molecule has 0 aliphatic heterocycles. The van der Waals surface area contributed by atoms with Crippen LogP contribution in [0.1, 0.15) is 25.5 Å². The van der Waals surface area contributed by atoms with Crippen molar-refractivity contribution in [3.8, 4) is 5.69 Å². The lowest BCUT2D eigenvalue weighted by atomic mass is 10.1. The molecule has 0 bridgehead atoms. The number of hydrogen-bond acceptors (Lipinski definition) is 3. The molecule has 2 aromatic carbocycles. The van der Waals surface area contributed by atoms with Crippen molar-refractivity contribution in [2.45, 2.75) is 19.9 Å². The first kappa shape index (κ1) is 14.2. The second-order valence-corrected chi connectivity index (χ2v) is 5.89. The van der Waals surface area contributed by atoms with Gasteiger partial charge in [0, 0.05) is 10.5 Å². The first-order valence-electron chi connectivity index (χ1n) is 7.04. The number of rotatable bonds is 4. The van der Waals surface area contributed by atoms with Crippen LogP contribution in [0.4, 0.5) is 0 Å². The van der Waals surface area contributed by atoms with E-state index in [4.69, 9.17) is 0 Å². The van der Waals surface area contributed by atoms with Gasteiger partial charge in [-0.05, 0) is 49.4 Å². The fourth-order valence-corrected chi connectivity index (χ4v) is 2.91. The van der Waals surface area contributed by atoms with Gasteiger partial charge < -0.3 is 5.32 Å². The predicted octanol–water partition coefficient (Wildman–Crippen LogP) is 3.85. The van der Waals surface area contributed by atoms with E-state index in [1.165, 1.54) is 5.56 Å². The molecule has 1 unspecified atom stereocenters. The Morgan fingerprint density at radius 3 is 2.86 bits per heavy atom. The highest BCUT2D eigenvalue weighted by molar-refractivity contribution is 9.10. The monoisotopic (exact) mass is 344 g/mol. The predicted molar refractivity (Wildman–Crippen MR) is 88.7 cm³/mol. The highest BCUT2D eigenvalue weighted by atomic mass is 79.9. The third kappa shape index (κ3) is 2.71. The lowest BCUT2D eigenvalue weighted by Gasteiger charge is -2.17. The Bertz CT molecular complexity index is 766. The van der Waals surface area contributed by atoms with Crippen molar-refractivity contribution in [2.24, 2.45) is 0 Å². The summed E-state index contributed by atoms with van der Waals surface area (Å²) in [6.07, 6.45) is 0. The van der Waals surface area contributed by atoms with Gasteiger partial charge in [-0.2, -0.15) is 0 Å². The number of aromatic nitrogens is 3.